The Morgan fingerprint density at radius 3 is 2.65 bits per heavy atom. The lowest BCUT2D eigenvalue weighted by Crippen LogP contribution is -2.28. The average molecular weight is 439 g/mol. The van der Waals surface area contributed by atoms with Crippen LogP contribution in [0.4, 0.5) is 11.4 Å². The van der Waals surface area contributed by atoms with Crippen LogP contribution in [-0.4, -0.2) is 40.1 Å². The van der Waals surface area contributed by atoms with Gasteiger partial charge in [-0.15, -0.1) is 0 Å². The Bertz CT molecular complexity index is 1230. The smallest absolute Gasteiger partial charge is 0.265 e. The first-order valence-corrected chi connectivity index (χ1v) is 11.0. The summed E-state index contributed by atoms with van der Waals surface area (Å²) in [6, 6.07) is 13.1. The van der Waals surface area contributed by atoms with Crippen molar-refractivity contribution >= 4 is 27.3 Å². The van der Waals surface area contributed by atoms with E-state index in [-0.39, 0.29) is 16.6 Å². The van der Waals surface area contributed by atoms with Crippen LogP contribution in [0, 0.1) is 0 Å². The third kappa shape index (κ3) is 4.04. The summed E-state index contributed by atoms with van der Waals surface area (Å²) in [6.07, 6.45) is 3.77. The fourth-order valence-corrected chi connectivity index (χ4v) is 4.76. The molecule has 1 aliphatic heterocycles. The van der Waals surface area contributed by atoms with E-state index >= 15 is 0 Å². The van der Waals surface area contributed by atoms with Crippen LogP contribution in [0.15, 0.2) is 65.8 Å². The zero-order valence-corrected chi connectivity index (χ0v) is 17.8. The highest BCUT2D eigenvalue weighted by molar-refractivity contribution is 7.92. The van der Waals surface area contributed by atoms with Crippen LogP contribution in [0.1, 0.15) is 15.9 Å². The van der Waals surface area contributed by atoms with Crippen LogP contribution in [0.25, 0.3) is 0 Å². The van der Waals surface area contributed by atoms with E-state index < -0.39 is 10.0 Å². The largest absolute Gasteiger partial charge is 0.497 e. The fourth-order valence-electron chi connectivity index (χ4n) is 3.53. The molecule has 0 atom stereocenters. The number of hydrogen-bond donors (Lipinski definition) is 1. The van der Waals surface area contributed by atoms with Gasteiger partial charge in [-0.3, -0.25) is 14.5 Å². The van der Waals surface area contributed by atoms with Crippen molar-refractivity contribution in [2.45, 2.75) is 11.3 Å². The summed E-state index contributed by atoms with van der Waals surface area (Å²) in [5, 5.41) is 0. The number of benzene rings is 2. The van der Waals surface area contributed by atoms with Crippen molar-refractivity contribution in [3.8, 4) is 11.5 Å². The van der Waals surface area contributed by atoms with Gasteiger partial charge in [-0.25, -0.2) is 8.42 Å². The second-order valence-corrected chi connectivity index (χ2v) is 8.57. The molecule has 0 saturated heterocycles. The van der Waals surface area contributed by atoms with Crippen molar-refractivity contribution in [3.63, 3.8) is 0 Å². The van der Waals surface area contributed by atoms with Crippen LogP contribution in [-0.2, 0) is 16.4 Å². The second kappa shape index (κ2) is 8.27. The Hall–Kier alpha value is -3.59. The van der Waals surface area contributed by atoms with E-state index in [9.17, 15) is 13.2 Å². The van der Waals surface area contributed by atoms with E-state index in [4.69, 9.17) is 9.47 Å². The predicted molar refractivity (Wildman–Crippen MR) is 116 cm³/mol. The highest BCUT2D eigenvalue weighted by Crippen LogP contribution is 2.34. The van der Waals surface area contributed by atoms with Crippen LogP contribution in [0.5, 0.6) is 11.5 Å². The zero-order chi connectivity index (χ0) is 22.0. The van der Waals surface area contributed by atoms with Gasteiger partial charge in [0.05, 0.1) is 19.8 Å². The molecular weight excluding hydrogens is 418 g/mol. The van der Waals surface area contributed by atoms with Crippen molar-refractivity contribution in [2.75, 3.05) is 30.4 Å². The number of aromatic nitrogens is 1. The van der Waals surface area contributed by atoms with E-state index in [0.717, 1.165) is 11.3 Å². The maximum absolute atomic E-state index is 13.0. The van der Waals surface area contributed by atoms with Crippen LogP contribution in [0.3, 0.4) is 0 Å². The molecular formula is C22H21N3O5S. The summed E-state index contributed by atoms with van der Waals surface area (Å²) in [4.78, 5) is 18.4. The number of amides is 1. The maximum Gasteiger partial charge on any atom is 0.265 e. The van der Waals surface area contributed by atoms with E-state index in [2.05, 4.69) is 9.71 Å². The molecule has 31 heavy (non-hydrogen) atoms. The lowest BCUT2D eigenvalue weighted by atomic mass is 10.1. The van der Waals surface area contributed by atoms with E-state index in [1.54, 1.807) is 47.5 Å². The summed E-state index contributed by atoms with van der Waals surface area (Å²) in [5.41, 5.74) is 2.55. The van der Waals surface area contributed by atoms with Gasteiger partial charge >= 0.3 is 0 Å². The van der Waals surface area contributed by atoms with Crippen molar-refractivity contribution in [2.24, 2.45) is 0 Å². The topological polar surface area (TPSA) is 97.8 Å². The number of sulfonamides is 1. The molecule has 3 aromatic rings. The molecule has 0 radical (unpaired) electrons. The normalized spacial score (nSPS) is 12.9. The number of ether oxygens (including phenoxy) is 2. The minimum atomic E-state index is -3.92. The first kappa shape index (κ1) is 20.7. The molecule has 2 heterocycles. The minimum Gasteiger partial charge on any atom is -0.497 e. The lowest BCUT2D eigenvalue weighted by molar-refractivity contribution is 0.0989. The number of carbonyl (C=O) groups excluding carboxylic acids is 1. The number of methoxy groups -OCH3 is 2. The molecule has 9 heteroatoms. The summed E-state index contributed by atoms with van der Waals surface area (Å²) >= 11 is 0. The standard InChI is InChI=1S/C22H21N3O5S/c1-29-18-6-8-20(30-2)21(13-18)31(27,28)24-17-5-7-19-15(12-17)9-11-25(19)22(26)16-4-3-10-23-14-16/h3-8,10,12-14,24H,9,11H2,1-2H3. The van der Waals surface area contributed by atoms with E-state index in [0.29, 0.717) is 30.0 Å². The number of carbonyl (C=O) groups is 1. The number of pyridine rings is 1. The Labute approximate surface area is 180 Å². The van der Waals surface area contributed by atoms with Crippen molar-refractivity contribution in [3.05, 3.63) is 72.1 Å². The number of fused-ring (bicyclic) bond motifs is 1. The molecule has 1 aliphatic rings. The monoisotopic (exact) mass is 439 g/mol. The van der Waals surface area contributed by atoms with E-state index in [1.807, 2.05) is 0 Å². The maximum atomic E-state index is 13.0. The van der Waals surface area contributed by atoms with Crippen molar-refractivity contribution in [1.29, 1.82) is 0 Å². The van der Waals surface area contributed by atoms with Gasteiger partial charge in [0, 0.05) is 36.4 Å². The quantitative estimate of drug-likeness (QED) is 0.634. The molecule has 0 bridgehead atoms. The molecule has 0 unspecified atom stereocenters. The van der Waals surface area contributed by atoms with Gasteiger partial charge in [0.1, 0.15) is 16.4 Å². The van der Waals surface area contributed by atoms with Gasteiger partial charge in [0.25, 0.3) is 15.9 Å². The molecule has 1 amide bonds. The Morgan fingerprint density at radius 2 is 1.94 bits per heavy atom. The highest BCUT2D eigenvalue weighted by Gasteiger charge is 2.27. The second-order valence-electron chi connectivity index (χ2n) is 6.91. The first-order valence-electron chi connectivity index (χ1n) is 9.52. The summed E-state index contributed by atoms with van der Waals surface area (Å²) in [5.74, 6) is 0.476. The SMILES string of the molecule is COc1ccc(OC)c(S(=O)(=O)Nc2ccc3c(c2)CCN3C(=O)c2cccnc2)c1. The summed E-state index contributed by atoms with van der Waals surface area (Å²) < 4.78 is 38.9. The van der Waals surface area contributed by atoms with Gasteiger partial charge in [-0.2, -0.15) is 0 Å². The van der Waals surface area contributed by atoms with Crippen LogP contribution < -0.4 is 19.1 Å². The van der Waals surface area contributed by atoms with Gasteiger partial charge in [-0.05, 0) is 54.4 Å². The predicted octanol–water partition coefficient (Wildman–Crippen LogP) is 3.10. The molecule has 0 spiro atoms. The third-order valence-corrected chi connectivity index (χ3v) is 6.44. The fraction of sp³-hybridized carbons (Fsp3) is 0.182. The molecule has 0 saturated carbocycles. The number of anilines is 2. The highest BCUT2D eigenvalue weighted by atomic mass is 32.2. The molecule has 160 valence electrons. The molecule has 1 aromatic heterocycles. The Kier molecular flexibility index (Phi) is 5.51. The van der Waals surface area contributed by atoms with Gasteiger partial charge in [0.15, 0.2) is 0 Å². The van der Waals surface area contributed by atoms with Crippen molar-refractivity contribution < 1.29 is 22.7 Å². The molecule has 0 aliphatic carbocycles. The molecule has 1 N–H and O–H groups in total. The number of nitrogens with one attached hydrogen (secondary N) is 1. The number of nitrogens with zero attached hydrogens (tertiary/aromatic N) is 2. The zero-order valence-electron chi connectivity index (χ0n) is 17.0. The molecule has 4 rings (SSSR count). The van der Waals surface area contributed by atoms with Crippen molar-refractivity contribution in [1.82, 2.24) is 4.98 Å². The minimum absolute atomic E-state index is 0.0248. The van der Waals surface area contributed by atoms with Crippen LogP contribution >= 0.6 is 0 Å². The van der Waals surface area contributed by atoms with Gasteiger partial charge in [0.2, 0.25) is 0 Å². The first-order chi connectivity index (χ1) is 14.9. The number of rotatable bonds is 6. The number of hydrogen-bond acceptors (Lipinski definition) is 6. The molecule has 2 aromatic carbocycles. The van der Waals surface area contributed by atoms with E-state index in [1.165, 1.54) is 32.5 Å². The Morgan fingerprint density at radius 1 is 1.10 bits per heavy atom. The van der Waals surface area contributed by atoms with Crippen LogP contribution in [0.2, 0.25) is 0 Å². The third-order valence-electron chi connectivity index (χ3n) is 5.04. The Balaban J connectivity index is 1.60. The summed E-state index contributed by atoms with van der Waals surface area (Å²) in [6.45, 7) is 0.517. The lowest BCUT2D eigenvalue weighted by Gasteiger charge is -2.18. The van der Waals surface area contributed by atoms with Gasteiger partial charge < -0.3 is 14.4 Å². The molecule has 8 nitrogen and oxygen atoms in total. The summed E-state index contributed by atoms with van der Waals surface area (Å²) in [7, 11) is -1.05. The average Bonchev–Trinajstić information content (AvgIpc) is 3.21. The van der Waals surface area contributed by atoms with Gasteiger partial charge in [-0.1, -0.05) is 0 Å². The molecule has 0 fully saturated rings.